The molecule has 17 heteroatoms. The maximum atomic E-state index is 8.34. The normalized spacial score (nSPS) is 10.5. The van der Waals surface area contributed by atoms with Crippen LogP contribution in [0.2, 0.25) is 0 Å². The average molecular weight is 634 g/mol. The molecule has 0 bridgehead atoms. The molecule has 3 aromatic heterocycles. The predicted octanol–water partition coefficient (Wildman–Crippen LogP) is 3.58. The van der Waals surface area contributed by atoms with Gasteiger partial charge in [0.15, 0.2) is 5.82 Å². The van der Waals surface area contributed by atoms with E-state index in [-0.39, 0.29) is 58.9 Å². The zero-order valence-electron chi connectivity index (χ0n) is 27.6. The van der Waals surface area contributed by atoms with Crippen LogP contribution in [0.1, 0.15) is 126 Å². The first kappa shape index (κ1) is 48.0. The first-order valence-electron chi connectivity index (χ1n) is 12.7. The number of aromatic amines is 1. The number of aromatic nitrogens is 12. The van der Waals surface area contributed by atoms with Crippen molar-refractivity contribution >= 4 is 0 Å². The van der Waals surface area contributed by atoms with Gasteiger partial charge >= 0.3 is 0 Å². The summed E-state index contributed by atoms with van der Waals surface area (Å²) in [6.45, 7) is 24.7. The van der Waals surface area contributed by atoms with E-state index in [1.165, 1.54) is 0 Å². The molecule has 0 fully saturated rings. The Hall–Kier alpha value is -2.80. The van der Waals surface area contributed by atoms with Crippen molar-refractivity contribution in [2.24, 2.45) is 5.41 Å². The first-order valence-corrected chi connectivity index (χ1v) is 12.7. The second-order valence-electron chi connectivity index (χ2n) is 11.2. The van der Waals surface area contributed by atoms with Crippen LogP contribution in [0.25, 0.3) is 0 Å². The summed E-state index contributed by atoms with van der Waals surface area (Å²) in [7, 11) is 0. The van der Waals surface area contributed by atoms with Crippen molar-refractivity contribution in [1.82, 2.24) is 74.2 Å². The quantitative estimate of drug-likeness (QED) is 0.314. The Morgan fingerprint density at radius 2 is 1.10 bits per heavy atom. The van der Waals surface area contributed by atoms with Crippen molar-refractivity contribution in [1.29, 1.82) is 5.26 Å². The van der Waals surface area contributed by atoms with E-state index in [0.29, 0.717) is 0 Å². The van der Waals surface area contributed by atoms with Crippen molar-refractivity contribution in [3.8, 4) is 6.07 Å². The van der Waals surface area contributed by atoms with Gasteiger partial charge in [-0.1, -0.05) is 74.5 Å². The van der Waals surface area contributed by atoms with Crippen molar-refractivity contribution in [3.05, 3.63) is 17.5 Å². The fourth-order valence-electron chi connectivity index (χ4n) is 1.83. The number of H-pyrrole nitrogens is 1. The summed E-state index contributed by atoms with van der Waals surface area (Å²) in [5, 5.41) is 51.0. The molecule has 0 saturated carbocycles. The molecule has 0 aliphatic heterocycles. The van der Waals surface area contributed by atoms with E-state index in [2.05, 4.69) is 130 Å². The summed E-state index contributed by atoms with van der Waals surface area (Å²) < 4.78 is 0. The van der Waals surface area contributed by atoms with Crippen LogP contribution in [-0.4, -0.2) is 57.2 Å². The molecule has 0 saturated heterocycles. The number of hydrogen-bond acceptors (Lipinski definition) is 11. The molecule has 41 heavy (non-hydrogen) atoms. The molecule has 3 rings (SSSR count). The van der Waals surface area contributed by atoms with Crippen molar-refractivity contribution < 1.29 is 25.0 Å². The van der Waals surface area contributed by atoms with Gasteiger partial charge < -0.3 is 28.0 Å². The van der Waals surface area contributed by atoms with E-state index >= 15 is 0 Å². The van der Waals surface area contributed by atoms with Crippen molar-refractivity contribution in [3.63, 3.8) is 0 Å². The van der Waals surface area contributed by atoms with E-state index < -0.39 is 0 Å². The summed E-state index contributed by atoms with van der Waals surface area (Å²) in [5.74, 6) is 2.25. The maximum Gasteiger partial charge on any atom is 0.180 e. The van der Waals surface area contributed by atoms with E-state index in [1.807, 2.05) is 20.8 Å². The number of quaternary nitrogens is 1. The van der Waals surface area contributed by atoms with Gasteiger partial charge in [0.1, 0.15) is 0 Å². The van der Waals surface area contributed by atoms with Gasteiger partial charge in [-0.05, 0) is 50.4 Å². The Morgan fingerprint density at radius 3 is 1.29 bits per heavy atom. The SMILES string of the molecule is CCC(C)(C)C#N.CCC(C)(C)c1nn[nH]n1.CCC(C)(C)c1nnn[n-]1.CCC(C)(C)c1nnn[n-]1.N.O.[NH4+].[Zn]. The molecule has 16 nitrogen and oxygen atoms in total. The predicted molar refractivity (Wildman–Crippen MR) is 155 cm³/mol. The molecular formula is C24H54N15OZn-. The van der Waals surface area contributed by atoms with Gasteiger partial charge in [0.2, 0.25) is 0 Å². The van der Waals surface area contributed by atoms with Crippen LogP contribution < -0.4 is 22.5 Å². The Kier molecular flexibility index (Phi) is 25.6. The minimum Gasteiger partial charge on any atom is -0.412 e. The summed E-state index contributed by atoms with van der Waals surface area (Å²) >= 11 is 0. The molecule has 0 atom stereocenters. The number of nitriles is 1. The van der Waals surface area contributed by atoms with Gasteiger partial charge in [0, 0.05) is 36.5 Å². The van der Waals surface area contributed by atoms with E-state index in [9.17, 15) is 0 Å². The third kappa shape index (κ3) is 17.6. The minimum atomic E-state index is -0.111. The van der Waals surface area contributed by atoms with Crippen LogP contribution in [-0.2, 0) is 35.7 Å². The molecule has 0 amide bonds. The molecule has 3 heterocycles. The monoisotopic (exact) mass is 632 g/mol. The number of nitrogens with zero attached hydrogens (tertiary/aromatic N) is 12. The first-order chi connectivity index (χ1) is 17.1. The third-order valence-corrected chi connectivity index (χ3v) is 6.64. The minimum absolute atomic E-state index is 0. The second-order valence-corrected chi connectivity index (χ2v) is 11.2. The Labute approximate surface area is 258 Å². The van der Waals surface area contributed by atoms with Gasteiger partial charge in [-0.2, -0.15) is 20.9 Å². The fraction of sp³-hybridized carbons (Fsp3) is 0.833. The molecule has 10 N–H and O–H groups in total. The van der Waals surface area contributed by atoms with Crippen LogP contribution in [0.4, 0.5) is 0 Å². The third-order valence-electron chi connectivity index (χ3n) is 6.64. The van der Waals surface area contributed by atoms with Gasteiger partial charge in [-0.3, -0.25) is 20.6 Å². The van der Waals surface area contributed by atoms with E-state index in [0.717, 1.165) is 43.2 Å². The second kappa shape index (κ2) is 21.9. The van der Waals surface area contributed by atoms with E-state index in [4.69, 9.17) is 5.26 Å². The number of rotatable bonds is 7. The van der Waals surface area contributed by atoms with Crippen LogP contribution >= 0.6 is 0 Å². The smallest absolute Gasteiger partial charge is 0.180 e. The van der Waals surface area contributed by atoms with Crippen LogP contribution in [0.5, 0.6) is 0 Å². The Morgan fingerprint density at radius 1 is 0.707 bits per heavy atom. The summed E-state index contributed by atoms with van der Waals surface area (Å²) in [5.41, 5.74) is -0.0278. The zero-order valence-corrected chi connectivity index (χ0v) is 30.6. The molecule has 0 aliphatic carbocycles. The summed E-state index contributed by atoms with van der Waals surface area (Å²) in [6.07, 6.45) is 3.96. The average Bonchev–Trinajstić information content (AvgIpc) is 3.68. The molecule has 0 spiro atoms. The number of nitrogens with one attached hydrogen (secondary N) is 1. The van der Waals surface area contributed by atoms with Gasteiger partial charge in [0.25, 0.3) is 0 Å². The van der Waals surface area contributed by atoms with Crippen LogP contribution in [0.3, 0.4) is 0 Å². The topological polar surface area (TPSA) is 287 Å². The molecule has 0 unspecified atom stereocenters. The summed E-state index contributed by atoms with van der Waals surface area (Å²) in [4.78, 5) is 0. The van der Waals surface area contributed by atoms with Gasteiger partial charge in [0.05, 0.1) is 11.5 Å². The van der Waals surface area contributed by atoms with Crippen LogP contribution in [0.15, 0.2) is 0 Å². The molecule has 0 aliphatic rings. The molecule has 234 valence electrons. The number of tetrazole rings is 3. The molecular weight excluding hydrogens is 580 g/mol. The molecule has 0 aromatic carbocycles. The largest absolute Gasteiger partial charge is 0.412 e. The number of hydrogen-bond donors (Lipinski definition) is 3. The Bertz CT molecular complexity index is 887. The Balaban J connectivity index is -0.000000137. The van der Waals surface area contributed by atoms with Gasteiger partial charge in [-0.15, -0.1) is 10.2 Å². The summed E-state index contributed by atoms with van der Waals surface area (Å²) in [6, 6.07) is 2.19. The molecule has 3 aromatic rings. The zero-order chi connectivity index (χ0) is 28.8. The van der Waals surface area contributed by atoms with Gasteiger partial charge in [-0.25, -0.2) is 0 Å². The van der Waals surface area contributed by atoms with Crippen molar-refractivity contribution in [2.45, 2.75) is 125 Å². The van der Waals surface area contributed by atoms with Crippen molar-refractivity contribution in [2.75, 3.05) is 0 Å². The fourth-order valence-corrected chi connectivity index (χ4v) is 1.83. The molecule has 0 radical (unpaired) electrons. The standard InChI is InChI=1S/C6H12N4.2C6H11N4.C6H11N.2H3N.H2O.Zn/c3*1-4-6(2,3)5-7-9-10-8-5;1-4-6(2,3)5-7;;;;/h4H2,1-3H3,(H,7,8,9,10);2*4H2,1-3H3;4H2,1-3H3;2*1H3;1H2;/q;2*-1;;;;;/p+1. The van der Waals surface area contributed by atoms with E-state index in [1.54, 1.807) is 0 Å². The maximum absolute atomic E-state index is 8.34. The van der Waals surface area contributed by atoms with Crippen LogP contribution in [0, 0.1) is 16.7 Å².